The van der Waals surface area contributed by atoms with E-state index in [1.165, 1.54) is 10.9 Å². The Morgan fingerprint density at radius 2 is 1.86 bits per heavy atom. The van der Waals surface area contributed by atoms with Crippen LogP contribution in [0.1, 0.15) is 21.9 Å². The topological polar surface area (TPSA) is 80.9 Å². The lowest BCUT2D eigenvalue weighted by Crippen LogP contribution is -2.06. The summed E-state index contributed by atoms with van der Waals surface area (Å²) in [6, 6.07) is 11.5. The summed E-state index contributed by atoms with van der Waals surface area (Å²) in [6.45, 7) is 3.50. The van der Waals surface area contributed by atoms with E-state index < -0.39 is 5.97 Å². The van der Waals surface area contributed by atoms with Crippen molar-refractivity contribution in [3.63, 3.8) is 0 Å². The van der Waals surface area contributed by atoms with E-state index in [1.807, 2.05) is 30.3 Å². The molecule has 110 valence electrons. The predicted molar refractivity (Wildman–Crippen MR) is 81.0 cm³/mol. The third-order valence-corrected chi connectivity index (χ3v) is 3.35. The number of aryl methyl sites for hydroxylation is 1. The minimum Gasteiger partial charge on any atom is -0.478 e. The first-order valence-electron chi connectivity index (χ1n) is 6.75. The van der Waals surface area contributed by atoms with Crippen molar-refractivity contribution in [2.75, 3.05) is 0 Å². The number of hydrogen-bond donors (Lipinski definition) is 1. The Morgan fingerprint density at radius 3 is 2.50 bits per heavy atom. The van der Waals surface area contributed by atoms with Gasteiger partial charge in [0.05, 0.1) is 17.6 Å². The highest BCUT2D eigenvalue weighted by Crippen LogP contribution is 2.20. The fraction of sp³-hybridized carbons (Fsp3) is 0.125. The molecule has 6 nitrogen and oxygen atoms in total. The van der Waals surface area contributed by atoms with Gasteiger partial charge in [-0.2, -0.15) is 5.10 Å². The first-order chi connectivity index (χ1) is 10.6. The van der Waals surface area contributed by atoms with Gasteiger partial charge < -0.3 is 5.11 Å². The second-order valence-corrected chi connectivity index (χ2v) is 4.89. The van der Waals surface area contributed by atoms with Gasteiger partial charge in [0.2, 0.25) is 0 Å². The quantitative estimate of drug-likeness (QED) is 0.803. The molecule has 1 aromatic carbocycles. The van der Waals surface area contributed by atoms with Crippen LogP contribution < -0.4 is 0 Å². The van der Waals surface area contributed by atoms with E-state index in [4.69, 9.17) is 5.11 Å². The molecule has 0 aliphatic carbocycles. The highest BCUT2D eigenvalue weighted by atomic mass is 16.4. The molecule has 0 saturated carbocycles. The number of nitrogens with zero attached hydrogens (tertiary/aromatic N) is 4. The Morgan fingerprint density at radius 1 is 1.14 bits per heavy atom. The van der Waals surface area contributed by atoms with Gasteiger partial charge in [-0.25, -0.2) is 19.4 Å². The molecule has 1 N–H and O–H groups in total. The molecule has 3 aromatic rings. The van der Waals surface area contributed by atoms with E-state index in [1.54, 1.807) is 19.9 Å². The van der Waals surface area contributed by atoms with Gasteiger partial charge in [-0.1, -0.05) is 30.3 Å². The lowest BCUT2D eigenvalue weighted by Gasteiger charge is -2.08. The Kier molecular flexibility index (Phi) is 3.42. The fourth-order valence-corrected chi connectivity index (χ4v) is 2.27. The molecule has 0 fully saturated rings. The number of carboxylic acid groups (broad SMARTS) is 1. The van der Waals surface area contributed by atoms with Crippen molar-refractivity contribution in [2.24, 2.45) is 0 Å². The zero-order chi connectivity index (χ0) is 15.7. The second-order valence-electron chi connectivity index (χ2n) is 4.89. The molecule has 0 saturated heterocycles. The van der Waals surface area contributed by atoms with Gasteiger partial charge in [-0.3, -0.25) is 0 Å². The summed E-state index contributed by atoms with van der Waals surface area (Å²) >= 11 is 0. The monoisotopic (exact) mass is 294 g/mol. The van der Waals surface area contributed by atoms with E-state index in [2.05, 4.69) is 15.1 Å². The van der Waals surface area contributed by atoms with E-state index in [0.717, 1.165) is 11.3 Å². The average Bonchev–Trinajstić information content (AvgIpc) is 2.89. The largest absolute Gasteiger partial charge is 0.478 e. The molecule has 0 aliphatic rings. The molecule has 0 amide bonds. The summed E-state index contributed by atoms with van der Waals surface area (Å²) in [5.74, 6) is 0.150. The van der Waals surface area contributed by atoms with Crippen molar-refractivity contribution in [2.45, 2.75) is 13.8 Å². The lowest BCUT2D eigenvalue weighted by molar-refractivity contribution is 0.0696. The Labute approximate surface area is 127 Å². The van der Waals surface area contributed by atoms with Gasteiger partial charge in [0.25, 0.3) is 0 Å². The smallest absolute Gasteiger partial charge is 0.339 e. The average molecular weight is 294 g/mol. The number of rotatable bonds is 3. The molecule has 0 unspecified atom stereocenters. The molecule has 22 heavy (non-hydrogen) atoms. The van der Waals surface area contributed by atoms with Crippen molar-refractivity contribution in [1.82, 2.24) is 19.7 Å². The first kappa shape index (κ1) is 13.9. The van der Waals surface area contributed by atoms with Gasteiger partial charge in [-0.15, -0.1) is 0 Å². The van der Waals surface area contributed by atoms with Crippen LogP contribution in [-0.4, -0.2) is 30.8 Å². The van der Waals surface area contributed by atoms with E-state index in [0.29, 0.717) is 17.3 Å². The molecule has 0 atom stereocenters. The van der Waals surface area contributed by atoms with Crippen LogP contribution in [0.4, 0.5) is 0 Å². The molecule has 2 heterocycles. The lowest BCUT2D eigenvalue weighted by atomic mass is 10.1. The maximum absolute atomic E-state index is 11.1. The van der Waals surface area contributed by atoms with Crippen molar-refractivity contribution in [3.05, 3.63) is 59.7 Å². The van der Waals surface area contributed by atoms with Gasteiger partial charge in [0, 0.05) is 11.6 Å². The minimum absolute atomic E-state index is 0.164. The van der Waals surface area contributed by atoms with Crippen LogP contribution in [0.2, 0.25) is 0 Å². The summed E-state index contributed by atoms with van der Waals surface area (Å²) < 4.78 is 1.52. The number of hydrogen-bond acceptors (Lipinski definition) is 4. The zero-order valence-corrected chi connectivity index (χ0v) is 12.2. The van der Waals surface area contributed by atoms with Gasteiger partial charge in [-0.05, 0) is 13.8 Å². The van der Waals surface area contributed by atoms with Crippen LogP contribution in [0.25, 0.3) is 17.1 Å². The first-order valence-corrected chi connectivity index (χ1v) is 6.75. The van der Waals surface area contributed by atoms with Crippen LogP contribution in [0, 0.1) is 13.8 Å². The van der Waals surface area contributed by atoms with E-state index in [-0.39, 0.29) is 5.56 Å². The molecule has 6 heteroatoms. The maximum atomic E-state index is 11.1. The van der Waals surface area contributed by atoms with Crippen LogP contribution in [0.5, 0.6) is 0 Å². The minimum atomic E-state index is -1.00. The maximum Gasteiger partial charge on any atom is 0.339 e. The van der Waals surface area contributed by atoms with Gasteiger partial charge in [0.1, 0.15) is 11.4 Å². The molecule has 0 aliphatic heterocycles. The van der Waals surface area contributed by atoms with Crippen molar-refractivity contribution < 1.29 is 9.90 Å². The third-order valence-electron chi connectivity index (χ3n) is 3.35. The number of carbonyl (C=O) groups is 1. The van der Waals surface area contributed by atoms with Crippen LogP contribution in [0.15, 0.2) is 42.6 Å². The molecule has 2 aromatic heterocycles. The SMILES string of the molecule is Cc1nc(-c2ccccc2)cc(-n2ncc(C(=O)O)c2C)n1. The molecular weight excluding hydrogens is 280 g/mol. The van der Waals surface area contributed by atoms with Gasteiger partial charge >= 0.3 is 5.97 Å². The standard InChI is InChI=1S/C16H14N4O2/c1-10-13(16(21)22)9-17-20(10)15-8-14(18-11(2)19-15)12-6-4-3-5-7-12/h3-9H,1-2H3,(H,21,22). The zero-order valence-electron chi connectivity index (χ0n) is 12.2. The summed E-state index contributed by atoms with van der Waals surface area (Å²) in [7, 11) is 0. The summed E-state index contributed by atoms with van der Waals surface area (Å²) in [6.07, 6.45) is 1.33. The third kappa shape index (κ3) is 2.46. The molecular formula is C16H14N4O2. The summed E-state index contributed by atoms with van der Waals surface area (Å²) in [4.78, 5) is 19.9. The highest BCUT2D eigenvalue weighted by Gasteiger charge is 2.15. The number of aromatic nitrogens is 4. The molecule has 3 rings (SSSR count). The Balaban J connectivity index is 2.13. The van der Waals surface area contributed by atoms with Crippen LogP contribution in [0.3, 0.4) is 0 Å². The van der Waals surface area contributed by atoms with Crippen molar-refractivity contribution >= 4 is 5.97 Å². The Bertz CT molecular complexity index is 841. The molecule has 0 spiro atoms. The van der Waals surface area contributed by atoms with Crippen LogP contribution in [-0.2, 0) is 0 Å². The number of benzene rings is 1. The van der Waals surface area contributed by atoms with Crippen LogP contribution >= 0.6 is 0 Å². The van der Waals surface area contributed by atoms with Gasteiger partial charge in [0.15, 0.2) is 5.82 Å². The summed E-state index contributed by atoms with van der Waals surface area (Å²) in [5.41, 5.74) is 2.44. The number of aromatic carboxylic acids is 1. The second kappa shape index (κ2) is 5.40. The Hall–Kier alpha value is -3.02. The summed E-state index contributed by atoms with van der Waals surface area (Å²) in [5, 5.41) is 13.3. The predicted octanol–water partition coefficient (Wildman–Crippen LogP) is 2.64. The van der Waals surface area contributed by atoms with E-state index in [9.17, 15) is 4.79 Å². The normalized spacial score (nSPS) is 10.6. The molecule has 0 bridgehead atoms. The van der Waals surface area contributed by atoms with E-state index >= 15 is 0 Å². The van der Waals surface area contributed by atoms with Crippen molar-refractivity contribution in [3.8, 4) is 17.1 Å². The number of carboxylic acids is 1. The fourth-order valence-electron chi connectivity index (χ4n) is 2.27. The molecule has 0 radical (unpaired) electrons. The highest BCUT2D eigenvalue weighted by molar-refractivity contribution is 5.88. The van der Waals surface area contributed by atoms with Crippen molar-refractivity contribution in [1.29, 1.82) is 0 Å².